The summed E-state index contributed by atoms with van der Waals surface area (Å²) in [6.07, 6.45) is 0.731. The predicted octanol–water partition coefficient (Wildman–Crippen LogP) is 3.01. The van der Waals surface area contributed by atoms with E-state index in [2.05, 4.69) is 32.7 Å². The van der Waals surface area contributed by atoms with Gasteiger partial charge in [-0.2, -0.15) is 4.98 Å². The van der Waals surface area contributed by atoms with Crippen molar-refractivity contribution in [3.63, 3.8) is 0 Å². The molecule has 2 aromatic carbocycles. The van der Waals surface area contributed by atoms with Crippen LogP contribution in [0.5, 0.6) is 0 Å². The third-order valence-corrected chi connectivity index (χ3v) is 6.46. The predicted molar refractivity (Wildman–Crippen MR) is 127 cm³/mol. The molecule has 8 nitrogen and oxygen atoms in total. The zero-order valence-corrected chi connectivity index (χ0v) is 18.6. The van der Waals surface area contributed by atoms with Gasteiger partial charge in [-0.3, -0.25) is 19.4 Å². The molecule has 1 atom stereocenters. The molecule has 0 spiro atoms. The number of aromatic nitrogens is 2. The number of aromatic amines is 1. The number of hydrogen-bond donors (Lipinski definition) is 3. The Balaban J connectivity index is 1.44. The second-order valence-electron chi connectivity index (χ2n) is 8.69. The van der Waals surface area contributed by atoms with Crippen LogP contribution in [0.25, 0.3) is 0 Å². The van der Waals surface area contributed by atoms with Crippen LogP contribution in [0.15, 0.2) is 47.3 Å². The molecular formula is C25H25N5O3. The van der Waals surface area contributed by atoms with Crippen molar-refractivity contribution >= 4 is 29.3 Å². The number of carbonyl (C=O) groups is 2. The van der Waals surface area contributed by atoms with Crippen molar-refractivity contribution in [1.29, 1.82) is 0 Å². The molecule has 0 bridgehead atoms. The minimum atomic E-state index is -0.914. The van der Waals surface area contributed by atoms with Crippen molar-refractivity contribution < 1.29 is 9.59 Å². The average molecular weight is 444 g/mol. The Morgan fingerprint density at radius 1 is 1.09 bits per heavy atom. The van der Waals surface area contributed by atoms with Crippen LogP contribution in [0.3, 0.4) is 0 Å². The Hall–Kier alpha value is -3.94. The second-order valence-corrected chi connectivity index (χ2v) is 8.69. The minimum Gasteiger partial charge on any atom is -0.338 e. The van der Waals surface area contributed by atoms with Crippen LogP contribution in [0, 0.1) is 13.8 Å². The quantitative estimate of drug-likeness (QED) is 0.577. The van der Waals surface area contributed by atoms with E-state index in [1.807, 2.05) is 49.1 Å². The number of H-pyrrole nitrogens is 1. The summed E-state index contributed by atoms with van der Waals surface area (Å²) in [5.41, 5.74) is 5.03. The zero-order valence-electron chi connectivity index (χ0n) is 18.6. The van der Waals surface area contributed by atoms with Crippen LogP contribution in [-0.4, -0.2) is 28.3 Å². The SMILES string of the molecule is Cc1ccc(NC(=O)[C@H]2CC(=O)Nc3nc(N4CCc5ccccc5C4)[nH]c(=O)c32)cc1C. The lowest BCUT2D eigenvalue weighted by Crippen LogP contribution is -2.38. The molecule has 3 aromatic rings. The summed E-state index contributed by atoms with van der Waals surface area (Å²) in [5.74, 6) is -1.10. The van der Waals surface area contributed by atoms with Crippen LogP contribution in [-0.2, 0) is 22.6 Å². The zero-order chi connectivity index (χ0) is 23.1. The lowest BCUT2D eigenvalue weighted by Gasteiger charge is -2.30. The van der Waals surface area contributed by atoms with Crippen molar-refractivity contribution in [3.05, 3.63) is 80.6 Å². The number of hydrogen-bond acceptors (Lipinski definition) is 5. The van der Waals surface area contributed by atoms with Crippen molar-refractivity contribution in [2.45, 2.75) is 39.2 Å². The van der Waals surface area contributed by atoms with Gasteiger partial charge in [0.15, 0.2) is 0 Å². The molecule has 1 aromatic heterocycles. The Labute approximate surface area is 191 Å². The van der Waals surface area contributed by atoms with E-state index in [0.29, 0.717) is 24.7 Å². The normalized spacial score (nSPS) is 17.1. The maximum absolute atomic E-state index is 13.1. The van der Waals surface area contributed by atoms with Crippen molar-refractivity contribution in [1.82, 2.24) is 9.97 Å². The number of rotatable bonds is 3. The van der Waals surface area contributed by atoms with Crippen LogP contribution < -0.4 is 21.1 Å². The van der Waals surface area contributed by atoms with Gasteiger partial charge < -0.3 is 15.5 Å². The van der Waals surface area contributed by atoms with Gasteiger partial charge in [0.2, 0.25) is 17.8 Å². The Bertz CT molecular complexity index is 1330. The van der Waals surface area contributed by atoms with Gasteiger partial charge >= 0.3 is 0 Å². The second kappa shape index (κ2) is 8.20. The summed E-state index contributed by atoms with van der Waals surface area (Å²) < 4.78 is 0. The Morgan fingerprint density at radius 2 is 1.88 bits per heavy atom. The average Bonchev–Trinajstić information content (AvgIpc) is 2.80. The molecule has 3 heterocycles. The Morgan fingerprint density at radius 3 is 2.67 bits per heavy atom. The summed E-state index contributed by atoms with van der Waals surface area (Å²) in [4.78, 5) is 47.9. The summed E-state index contributed by atoms with van der Waals surface area (Å²) in [6.45, 7) is 5.27. The lowest BCUT2D eigenvalue weighted by atomic mass is 9.92. The largest absolute Gasteiger partial charge is 0.338 e. The van der Waals surface area contributed by atoms with Gasteiger partial charge in [-0.1, -0.05) is 30.3 Å². The molecule has 0 aliphatic carbocycles. The van der Waals surface area contributed by atoms with Crippen LogP contribution in [0.1, 0.15) is 40.2 Å². The highest BCUT2D eigenvalue weighted by Gasteiger charge is 2.35. The molecule has 168 valence electrons. The maximum Gasteiger partial charge on any atom is 0.258 e. The van der Waals surface area contributed by atoms with E-state index in [0.717, 1.165) is 17.5 Å². The molecule has 8 heteroatoms. The van der Waals surface area contributed by atoms with E-state index in [9.17, 15) is 14.4 Å². The number of aryl methyl sites for hydroxylation is 2. The standard InChI is InChI=1S/C25H25N5O3/c1-14-7-8-18(11-15(14)2)26-23(32)19-12-20(31)27-22-21(19)24(33)29-25(28-22)30-10-9-16-5-3-4-6-17(16)13-30/h3-8,11,19H,9-10,12-13H2,1-2H3,(H,26,32)(H2,27,28,29,31,33)/t19-/m0/s1. The fraction of sp³-hybridized carbons (Fsp3) is 0.280. The smallest absolute Gasteiger partial charge is 0.258 e. The third kappa shape index (κ3) is 4.00. The first-order valence-corrected chi connectivity index (χ1v) is 11.0. The molecule has 33 heavy (non-hydrogen) atoms. The molecule has 0 fully saturated rings. The van der Waals surface area contributed by atoms with Gasteiger partial charge in [0.1, 0.15) is 5.82 Å². The highest BCUT2D eigenvalue weighted by Crippen LogP contribution is 2.31. The number of fused-ring (bicyclic) bond motifs is 2. The summed E-state index contributed by atoms with van der Waals surface area (Å²) in [6, 6.07) is 13.8. The van der Waals surface area contributed by atoms with E-state index in [-0.39, 0.29) is 23.7 Å². The number of carbonyl (C=O) groups excluding carboxylic acids is 2. The first-order valence-electron chi connectivity index (χ1n) is 11.0. The van der Waals surface area contributed by atoms with Crippen LogP contribution >= 0.6 is 0 Å². The summed E-state index contributed by atoms with van der Waals surface area (Å²) in [5, 5.41) is 5.54. The van der Waals surface area contributed by atoms with Crippen LogP contribution in [0.2, 0.25) is 0 Å². The summed E-state index contributed by atoms with van der Waals surface area (Å²) in [7, 11) is 0. The number of benzene rings is 2. The molecule has 3 N–H and O–H groups in total. The number of amides is 2. The lowest BCUT2D eigenvalue weighted by molar-refractivity contribution is -0.123. The van der Waals surface area contributed by atoms with Crippen molar-refractivity contribution in [2.24, 2.45) is 0 Å². The van der Waals surface area contributed by atoms with Gasteiger partial charge in [-0.15, -0.1) is 0 Å². The van der Waals surface area contributed by atoms with E-state index >= 15 is 0 Å². The first-order chi connectivity index (χ1) is 15.9. The molecule has 5 rings (SSSR count). The molecular weight excluding hydrogens is 418 g/mol. The van der Waals surface area contributed by atoms with Gasteiger partial charge in [-0.25, -0.2) is 0 Å². The number of anilines is 3. The topological polar surface area (TPSA) is 107 Å². The molecule has 2 amide bonds. The fourth-order valence-electron chi connectivity index (χ4n) is 4.46. The molecule has 0 saturated heterocycles. The van der Waals surface area contributed by atoms with E-state index in [1.165, 1.54) is 11.1 Å². The summed E-state index contributed by atoms with van der Waals surface area (Å²) >= 11 is 0. The molecule has 2 aliphatic heterocycles. The third-order valence-electron chi connectivity index (χ3n) is 6.46. The minimum absolute atomic E-state index is 0.106. The highest BCUT2D eigenvalue weighted by atomic mass is 16.2. The van der Waals surface area contributed by atoms with Gasteiger partial charge in [-0.05, 0) is 54.7 Å². The number of nitrogens with zero attached hydrogens (tertiary/aromatic N) is 2. The van der Waals surface area contributed by atoms with Gasteiger partial charge in [0, 0.05) is 25.2 Å². The maximum atomic E-state index is 13.1. The monoisotopic (exact) mass is 443 g/mol. The Kier molecular flexibility index (Phi) is 5.20. The van der Waals surface area contributed by atoms with E-state index in [1.54, 1.807) is 0 Å². The highest BCUT2D eigenvalue weighted by molar-refractivity contribution is 6.04. The molecule has 0 unspecified atom stereocenters. The number of nitrogens with one attached hydrogen (secondary N) is 3. The fourth-order valence-corrected chi connectivity index (χ4v) is 4.46. The van der Waals surface area contributed by atoms with Gasteiger partial charge in [0.05, 0.1) is 11.5 Å². The van der Waals surface area contributed by atoms with E-state index in [4.69, 9.17) is 0 Å². The first kappa shape index (κ1) is 20.9. The van der Waals surface area contributed by atoms with Crippen molar-refractivity contribution in [2.75, 3.05) is 22.1 Å². The van der Waals surface area contributed by atoms with E-state index < -0.39 is 17.4 Å². The molecule has 0 radical (unpaired) electrons. The molecule has 0 saturated carbocycles. The van der Waals surface area contributed by atoms with Crippen molar-refractivity contribution in [3.8, 4) is 0 Å². The van der Waals surface area contributed by atoms with Gasteiger partial charge in [0.25, 0.3) is 5.56 Å². The molecule has 2 aliphatic rings. The van der Waals surface area contributed by atoms with Crippen LogP contribution in [0.4, 0.5) is 17.5 Å².